The van der Waals surface area contributed by atoms with Gasteiger partial charge in [0.25, 0.3) is 5.56 Å². The molecule has 10 heteroatoms. The van der Waals surface area contributed by atoms with Crippen molar-refractivity contribution >= 4 is 20.9 Å². The van der Waals surface area contributed by atoms with Crippen molar-refractivity contribution in [1.82, 2.24) is 4.57 Å². The minimum atomic E-state index is -5.85. The average molecular weight is 323 g/mol. The molecule has 2 rings (SSSR count). The van der Waals surface area contributed by atoms with E-state index in [0.29, 0.717) is 6.07 Å². The fourth-order valence-electron chi connectivity index (χ4n) is 1.64. The lowest BCUT2D eigenvalue weighted by molar-refractivity contribution is -0.0500. The molecule has 0 bridgehead atoms. The molecule has 0 saturated carbocycles. The molecule has 6 nitrogen and oxygen atoms in total. The van der Waals surface area contributed by atoms with E-state index in [2.05, 4.69) is 4.18 Å². The Balaban J connectivity index is 2.60. The van der Waals surface area contributed by atoms with Crippen LogP contribution in [0.3, 0.4) is 0 Å². The molecule has 1 aromatic carbocycles. The van der Waals surface area contributed by atoms with Gasteiger partial charge in [-0.3, -0.25) is 4.79 Å². The summed E-state index contributed by atoms with van der Waals surface area (Å²) in [5.74, 6) is -1.42. The Morgan fingerprint density at radius 3 is 2.48 bits per heavy atom. The zero-order valence-corrected chi connectivity index (χ0v) is 11.2. The first kappa shape index (κ1) is 15.2. The summed E-state index contributed by atoms with van der Waals surface area (Å²) >= 11 is 0. The summed E-state index contributed by atoms with van der Waals surface area (Å²) in [5, 5.41) is 9.58. The summed E-state index contributed by atoms with van der Waals surface area (Å²) in [5.41, 5.74) is -6.18. The Bertz CT molecular complexity index is 870. The molecule has 0 aliphatic carbocycles. The minimum absolute atomic E-state index is 0.0467. The van der Waals surface area contributed by atoms with E-state index >= 15 is 0 Å². The maximum atomic E-state index is 12.2. The maximum Gasteiger partial charge on any atom is 0.534 e. The number of benzene rings is 1. The molecule has 0 fully saturated rings. The van der Waals surface area contributed by atoms with Crippen LogP contribution in [-0.4, -0.2) is 23.6 Å². The summed E-state index contributed by atoms with van der Waals surface area (Å²) < 4.78 is 63.5. The maximum absolute atomic E-state index is 12.2. The predicted octanol–water partition coefficient (Wildman–Crippen LogP) is 1.47. The van der Waals surface area contributed by atoms with Crippen molar-refractivity contribution in [3.05, 3.63) is 34.7 Å². The zero-order valence-electron chi connectivity index (χ0n) is 10.4. The largest absolute Gasteiger partial charge is 0.534 e. The van der Waals surface area contributed by atoms with Gasteiger partial charge in [-0.1, -0.05) is 0 Å². The molecule has 1 heterocycles. The summed E-state index contributed by atoms with van der Waals surface area (Å²) in [6, 6.07) is 2.87. The number of alkyl halides is 3. The number of nitrogens with zero attached hydrogens (tertiary/aromatic N) is 1. The topological polar surface area (TPSA) is 85.6 Å². The smallest absolute Gasteiger partial charge is 0.507 e. The van der Waals surface area contributed by atoms with Crippen molar-refractivity contribution in [1.29, 1.82) is 0 Å². The summed E-state index contributed by atoms with van der Waals surface area (Å²) in [6.45, 7) is 0. The van der Waals surface area contributed by atoms with E-state index < -0.39 is 32.7 Å². The van der Waals surface area contributed by atoms with Crippen molar-refractivity contribution in [3.8, 4) is 11.5 Å². The van der Waals surface area contributed by atoms with Gasteiger partial charge in [-0.25, -0.2) is 0 Å². The average Bonchev–Trinajstić information content (AvgIpc) is 2.31. The summed E-state index contributed by atoms with van der Waals surface area (Å²) in [4.78, 5) is 11.8. The number of aryl methyl sites for hydroxylation is 1. The Morgan fingerprint density at radius 2 is 1.90 bits per heavy atom. The molecular formula is C11H8F3NO5S. The van der Waals surface area contributed by atoms with Crippen LogP contribution in [0.25, 0.3) is 10.8 Å². The van der Waals surface area contributed by atoms with Crippen LogP contribution in [0.2, 0.25) is 0 Å². The van der Waals surface area contributed by atoms with Crippen LogP contribution in [0, 0.1) is 0 Å². The van der Waals surface area contributed by atoms with Gasteiger partial charge in [-0.05, 0) is 17.5 Å². The first-order valence-corrected chi connectivity index (χ1v) is 6.77. The normalized spacial score (nSPS) is 12.6. The van der Waals surface area contributed by atoms with E-state index in [-0.39, 0.29) is 10.8 Å². The molecular weight excluding hydrogens is 315 g/mol. The van der Waals surface area contributed by atoms with Gasteiger partial charge in [-0.15, -0.1) is 0 Å². The highest BCUT2D eigenvalue weighted by atomic mass is 32.2. The molecule has 1 N–H and O–H groups in total. The SMILES string of the molecule is Cn1ccc2cc(OS(=O)(=O)C(F)(F)F)cc(O)c2c1=O. The Labute approximate surface area is 116 Å². The number of hydrogen-bond donors (Lipinski definition) is 1. The third-order valence-corrected chi connectivity index (χ3v) is 3.60. The number of aromatic hydroxyl groups is 1. The van der Waals surface area contributed by atoms with Crippen LogP contribution in [0.1, 0.15) is 0 Å². The van der Waals surface area contributed by atoms with Gasteiger partial charge in [-0.2, -0.15) is 21.6 Å². The molecule has 21 heavy (non-hydrogen) atoms. The standard InChI is InChI=1S/C11H8F3NO5S/c1-15-3-2-6-4-7(5-8(16)9(6)10(15)17)20-21(18,19)11(12,13)14/h2-5,16H,1H3. The molecule has 0 aliphatic heterocycles. The van der Waals surface area contributed by atoms with Crippen molar-refractivity contribution in [2.24, 2.45) is 7.05 Å². The number of halogens is 3. The second kappa shape index (κ2) is 4.65. The lowest BCUT2D eigenvalue weighted by Crippen LogP contribution is -2.28. The molecule has 0 atom stereocenters. The molecule has 0 radical (unpaired) electrons. The Hall–Kier alpha value is -2.23. The number of aromatic nitrogens is 1. The fraction of sp³-hybridized carbons (Fsp3) is 0.182. The Kier molecular flexibility index (Phi) is 3.36. The van der Waals surface area contributed by atoms with Crippen molar-refractivity contribution in [3.63, 3.8) is 0 Å². The summed E-state index contributed by atoms with van der Waals surface area (Å²) in [7, 11) is -4.43. The number of hydrogen-bond acceptors (Lipinski definition) is 5. The molecule has 0 spiro atoms. The van der Waals surface area contributed by atoms with Gasteiger partial charge < -0.3 is 13.9 Å². The highest BCUT2D eigenvalue weighted by Gasteiger charge is 2.48. The number of pyridine rings is 1. The van der Waals surface area contributed by atoms with E-state index in [1.54, 1.807) is 0 Å². The third kappa shape index (κ3) is 2.66. The fourth-order valence-corrected chi connectivity index (χ4v) is 2.09. The molecule has 114 valence electrons. The predicted molar refractivity (Wildman–Crippen MR) is 66.5 cm³/mol. The van der Waals surface area contributed by atoms with E-state index in [1.807, 2.05) is 0 Å². The van der Waals surface area contributed by atoms with Crippen LogP contribution < -0.4 is 9.74 Å². The number of fused-ring (bicyclic) bond motifs is 1. The quantitative estimate of drug-likeness (QED) is 0.668. The lowest BCUT2D eigenvalue weighted by Gasteiger charge is -2.11. The van der Waals surface area contributed by atoms with Crippen LogP contribution in [0.5, 0.6) is 11.5 Å². The highest BCUT2D eigenvalue weighted by Crippen LogP contribution is 2.32. The molecule has 0 unspecified atom stereocenters. The van der Waals surface area contributed by atoms with E-state index in [0.717, 1.165) is 10.6 Å². The number of phenolic OH excluding ortho intramolecular Hbond substituents is 1. The minimum Gasteiger partial charge on any atom is -0.507 e. The zero-order chi connectivity index (χ0) is 16.0. The van der Waals surface area contributed by atoms with Crippen LogP contribution >= 0.6 is 0 Å². The van der Waals surface area contributed by atoms with E-state index in [4.69, 9.17) is 0 Å². The van der Waals surface area contributed by atoms with E-state index in [1.165, 1.54) is 19.3 Å². The van der Waals surface area contributed by atoms with Gasteiger partial charge in [0.05, 0.1) is 5.39 Å². The van der Waals surface area contributed by atoms with Gasteiger partial charge in [0.1, 0.15) is 11.5 Å². The van der Waals surface area contributed by atoms with Crippen LogP contribution in [0.4, 0.5) is 13.2 Å². The van der Waals surface area contributed by atoms with E-state index in [9.17, 15) is 31.5 Å². The molecule has 0 amide bonds. The van der Waals surface area contributed by atoms with Gasteiger partial charge in [0.2, 0.25) is 0 Å². The van der Waals surface area contributed by atoms with Crippen molar-refractivity contribution in [2.75, 3.05) is 0 Å². The second-order valence-electron chi connectivity index (χ2n) is 4.12. The first-order valence-electron chi connectivity index (χ1n) is 5.36. The van der Waals surface area contributed by atoms with Crippen LogP contribution in [0.15, 0.2) is 29.2 Å². The van der Waals surface area contributed by atoms with Gasteiger partial charge >= 0.3 is 15.6 Å². The molecule has 2 aromatic rings. The summed E-state index contributed by atoms with van der Waals surface area (Å²) in [6.07, 6.45) is 1.31. The van der Waals surface area contributed by atoms with Crippen molar-refractivity contribution < 1.29 is 30.9 Å². The van der Waals surface area contributed by atoms with Gasteiger partial charge in [0.15, 0.2) is 0 Å². The number of phenols is 1. The molecule has 0 aliphatic rings. The van der Waals surface area contributed by atoms with Crippen molar-refractivity contribution in [2.45, 2.75) is 5.51 Å². The first-order chi connectivity index (χ1) is 9.53. The second-order valence-corrected chi connectivity index (χ2v) is 5.66. The molecule has 0 saturated heterocycles. The third-order valence-electron chi connectivity index (χ3n) is 2.62. The Morgan fingerprint density at radius 1 is 1.29 bits per heavy atom. The lowest BCUT2D eigenvalue weighted by atomic mass is 10.1. The molecule has 1 aromatic heterocycles. The highest BCUT2D eigenvalue weighted by molar-refractivity contribution is 7.88. The van der Waals surface area contributed by atoms with Gasteiger partial charge in [0, 0.05) is 19.3 Å². The van der Waals surface area contributed by atoms with Crippen LogP contribution in [-0.2, 0) is 17.2 Å². The number of rotatable bonds is 2. The monoisotopic (exact) mass is 323 g/mol.